The average molecular weight is 281 g/mol. The Kier molecular flexibility index (Phi) is 3.99. The first-order valence-corrected chi connectivity index (χ1v) is 6.03. The summed E-state index contributed by atoms with van der Waals surface area (Å²) in [4.78, 5) is 1.66. The van der Waals surface area contributed by atoms with Gasteiger partial charge in [-0.3, -0.25) is 0 Å². The minimum Gasteiger partial charge on any atom is -0.392 e. The molecule has 0 unspecified atom stereocenters. The smallest absolute Gasteiger partial charge is 0.392 e. The van der Waals surface area contributed by atoms with Gasteiger partial charge >= 0.3 is 6.18 Å². The highest BCUT2D eigenvalue weighted by Gasteiger charge is 2.33. The third-order valence-corrected chi connectivity index (χ3v) is 3.10. The molecule has 0 heterocycles. The van der Waals surface area contributed by atoms with E-state index in [1.165, 1.54) is 6.07 Å². The summed E-state index contributed by atoms with van der Waals surface area (Å²) in [7, 11) is 1.70. The highest BCUT2D eigenvalue weighted by molar-refractivity contribution is 5.63. The Bertz CT molecular complexity index is 581. The van der Waals surface area contributed by atoms with Gasteiger partial charge in [-0.05, 0) is 29.8 Å². The van der Waals surface area contributed by atoms with Crippen LogP contribution in [0, 0.1) is 0 Å². The van der Waals surface area contributed by atoms with Crippen LogP contribution in [-0.4, -0.2) is 12.2 Å². The Morgan fingerprint density at radius 1 is 1.00 bits per heavy atom. The third-order valence-electron chi connectivity index (χ3n) is 3.10. The zero-order valence-electron chi connectivity index (χ0n) is 10.9. The first-order chi connectivity index (χ1) is 9.43. The lowest BCUT2D eigenvalue weighted by Crippen LogP contribution is -2.14. The van der Waals surface area contributed by atoms with E-state index in [1.54, 1.807) is 18.0 Å². The SMILES string of the molecule is CN(c1ccccc1)c1ccc(CO)c(C(F)(F)F)c1. The van der Waals surface area contributed by atoms with Crippen LogP contribution in [0.25, 0.3) is 0 Å². The summed E-state index contributed by atoms with van der Waals surface area (Å²) in [5.41, 5.74) is 0.279. The van der Waals surface area contributed by atoms with E-state index in [9.17, 15) is 13.2 Å². The van der Waals surface area contributed by atoms with Crippen LogP contribution in [0.15, 0.2) is 48.5 Å². The van der Waals surface area contributed by atoms with E-state index < -0.39 is 18.3 Å². The molecule has 106 valence electrons. The second-order valence-corrected chi connectivity index (χ2v) is 4.39. The van der Waals surface area contributed by atoms with Gasteiger partial charge in [-0.1, -0.05) is 24.3 Å². The summed E-state index contributed by atoms with van der Waals surface area (Å²) in [5, 5.41) is 9.01. The Labute approximate surface area is 115 Å². The average Bonchev–Trinajstić information content (AvgIpc) is 2.46. The van der Waals surface area contributed by atoms with Crippen molar-refractivity contribution in [3.63, 3.8) is 0 Å². The molecule has 0 aliphatic rings. The van der Waals surface area contributed by atoms with Crippen LogP contribution in [0.4, 0.5) is 24.5 Å². The first-order valence-electron chi connectivity index (χ1n) is 6.03. The third kappa shape index (κ3) is 2.93. The van der Waals surface area contributed by atoms with Crippen LogP contribution in [0.3, 0.4) is 0 Å². The lowest BCUT2D eigenvalue weighted by Gasteiger charge is -2.22. The van der Waals surface area contributed by atoms with Crippen LogP contribution >= 0.6 is 0 Å². The van der Waals surface area contributed by atoms with E-state index in [2.05, 4.69) is 0 Å². The molecule has 0 aliphatic heterocycles. The number of benzene rings is 2. The highest BCUT2D eigenvalue weighted by atomic mass is 19.4. The largest absolute Gasteiger partial charge is 0.416 e. The van der Waals surface area contributed by atoms with Gasteiger partial charge in [0.1, 0.15) is 0 Å². The van der Waals surface area contributed by atoms with Crippen LogP contribution in [-0.2, 0) is 12.8 Å². The molecule has 0 amide bonds. The molecule has 0 aromatic heterocycles. The molecule has 0 saturated heterocycles. The molecule has 2 rings (SSSR count). The van der Waals surface area contributed by atoms with Gasteiger partial charge in [0, 0.05) is 18.4 Å². The minimum atomic E-state index is -4.48. The lowest BCUT2D eigenvalue weighted by molar-refractivity contribution is -0.138. The van der Waals surface area contributed by atoms with Gasteiger partial charge in [0.25, 0.3) is 0 Å². The second-order valence-electron chi connectivity index (χ2n) is 4.39. The zero-order chi connectivity index (χ0) is 14.8. The van der Waals surface area contributed by atoms with Crippen LogP contribution < -0.4 is 4.90 Å². The fraction of sp³-hybridized carbons (Fsp3) is 0.200. The van der Waals surface area contributed by atoms with Crippen molar-refractivity contribution in [2.75, 3.05) is 11.9 Å². The maximum absolute atomic E-state index is 13.0. The highest BCUT2D eigenvalue weighted by Crippen LogP contribution is 2.35. The number of aliphatic hydroxyl groups excluding tert-OH is 1. The Hall–Kier alpha value is -2.01. The lowest BCUT2D eigenvalue weighted by atomic mass is 10.1. The van der Waals surface area contributed by atoms with E-state index in [1.807, 2.05) is 30.3 Å². The molecule has 0 atom stereocenters. The van der Waals surface area contributed by atoms with Gasteiger partial charge in [0.2, 0.25) is 0 Å². The van der Waals surface area contributed by atoms with Crippen molar-refractivity contribution in [2.45, 2.75) is 12.8 Å². The van der Waals surface area contributed by atoms with Gasteiger partial charge in [-0.25, -0.2) is 0 Å². The molecule has 2 nitrogen and oxygen atoms in total. The topological polar surface area (TPSA) is 23.5 Å². The van der Waals surface area contributed by atoms with E-state index in [0.717, 1.165) is 11.8 Å². The van der Waals surface area contributed by atoms with Crippen LogP contribution in [0.5, 0.6) is 0 Å². The molecule has 1 N–H and O–H groups in total. The molecule has 20 heavy (non-hydrogen) atoms. The van der Waals surface area contributed by atoms with Crippen molar-refractivity contribution in [1.82, 2.24) is 0 Å². The molecule has 5 heteroatoms. The molecular weight excluding hydrogens is 267 g/mol. The second kappa shape index (κ2) is 5.54. The Morgan fingerprint density at radius 2 is 1.65 bits per heavy atom. The van der Waals surface area contributed by atoms with E-state index in [4.69, 9.17) is 5.11 Å². The fourth-order valence-corrected chi connectivity index (χ4v) is 1.98. The Morgan fingerprint density at radius 3 is 2.20 bits per heavy atom. The van der Waals surface area contributed by atoms with E-state index >= 15 is 0 Å². The molecule has 2 aromatic rings. The number of halogens is 3. The van der Waals surface area contributed by atoms with Crippen molar-refractivity contribution in [2.24, 2.45) is 0 Å². The molecule has 0 aliphatic carbocycles. The van der Waals surface area contributed by atoms with Gasteiger partial charge in [-0.2, -0.15) is 13.2 Å². The molecule has 2 aromatic carbocycles. The summed E-state index contributed by atoms with van der Waals surface area (Å²) < 4.78 is 38.9. The number of alkyl halides is 3. The van der Waals surface area contributed by atoms with Crippen LogP contribution in [0.1, 0.15) is 11.1 Å². The summed E-state index contributed by atoms with van der Waals surface area (Å²) >= 11 is 0. The van der Waals surface area contributed by atoms with Crippen molar-refractivity contribution in [3.05, 3.63) is 59.7 Å². The maximum Gasteiger partial charge on any atom is 0.416 e. The zero-order valence-corrected chi connectivity index (χ0v) is 10.9. The molecule has 0 bridgehead atoms. The van der Waals surface area contributed by atoms with Gasteiger partial charge in [0.05, 0.1) is 12.2 Å². The minimum absolute atomic E-state index is 0.122. The van der Waals surface area contributed by atoms with Crippen molar-refractivity contribution in [1.29, 1.82) is 0 Å². The summed E-state index contributed by atoms with van der Waals surface area (Å²) in [6, 6.07) is 13.0. The van der Waals surface area contributed by atoms with Crippen molar-refractivity contribution < 1.29 is 18.3 Å². The monoisotopic (exact) mass is 281 g/mol. The summed E-state index contributed by atoms with van der Waals surface area (Å²) in [6.07, 6.45) is -4.48. The van der Waals surface area contributed by atoms with E-state index in [0.29, 0.717) is 5.69 Å². The normalized spacial score (nSPS) is 11.4. The number of para-hydroxylation sites is 1. The van der Waals surface area contributed by atoms with Gasteiger partial charge in [-0.15, -0.1) is 0 Å². The summed E-state index contributed by atoms with van der Waals surface area (Å²) in [5.74, 6) is 0. The molecule has 0 saturated carbocycles. The fourth-order valence-electron chi connectivity index (χ4n) is 1.98. The maximum atomic E-state index is 13.0. The number of anilines is 2. The molecular formula is C15H14F3NO. The van der Waals surface area contributed by atoms with Gasteiger partial charge < -0.3 is 10.0 Å². The summed E-state index contributed by atoms with van der Waals surface area (Å²) in [6.45, 7) is -0.635. The van der Waals surface area contributed by atoms with Crippen molar-refractivity contribution >= 4 is 11.4 Å². The number of hydrogen-bond acceptors (Lipinski definition) is 2. The number of hydrogen-bond donors (Lipinski definition) is 1. The number of nitrogens with zero attached hydrogens (tertiary/aromatic N) is 1. The Balaban J connectivity index is 2.44. The standard InChI is InChI=1S/C15H14F3NO/c1-19(12-5-3-2-4-6-12)13-8-7-11(10-20)14(9-13)15(16,17)18/h2-9,20H,10H2,1H3. The molecule has 0 radical (unpaired) electrons. The van der Waals surface area contributed by atoms with Gasteiger partial charge in [0.15, 0.2) is 0 Å². The first kappa shape index (κ1) is 14.4. The quantitative estimate of drug-likeness (QED) is 0.920. The predicted octanol–water partition coefficient (Wildman–Crippen LogP) is 3.97. The van der Waals surface area contributed by atoms with E-state index in [-0.39, 0.29) is 5.56 Å². The van der Waals surface area contributed by atoms with Crippen LogP contribution in [0.2, 0.25) is 0 Å². The molecule has 0 fully saturated rings. The van der Waals surface area contributed by atoms with Crippen molar-refractivity contribution in [3.8, 4) is 0 Å². The number of rotatable bonds is 3. The number of aliphatic hydroxyl groups is 1. The molecule has 0 spiro atoms. The predicted molar refractivity (Wildman–Crippen MR) is 71.9 cm³/mol.